The predicted octanol–water partition coefficient (Wildman–Crippen LogP) is 4.12. The molecule has 0 N–H and O–H groups in total. The summed E-state index contributed by atoms with van der Waals surface area (Å²) in [5.74, 6) is 1.87. The molecular weight excluding hydrogens is 344 g/mol. The predicted molar refractivity (Wildman–Crippen MR) is 100 cm³/mol. The zero-order chi connectivity index (χ0) is 19.3. The highest BCUT2D eigenvalue weighted by Gasteiger charge is 2.43. The molecule has 0 bridgehead atoms. The number of Topliss-reactive ketones (excluding diaryl/α,β-unsaturated/α-hetero) is 1. The van der Waals surface area contributed by atoms with Gasteiger partial charge in [-0.3, -0.25) is 4.79 Å². The van der Waals surface area contributed by atoms with E-state index in [1.807, 2.05) is 24.3 Å². The molecule has 2 heterocycles. The highest BCUT2D eigenvalue weighted by Crippen LogP contribution is 2.49. The van der Waals surface area contributed by atoms with Crippen LogP contribution in [0.3, 0.4) is 0 Å². The number of benzene rings is 1. The number of allylic oxidation sites excluding steroid dienone is 2. The number of rotatable bonds is 2. The highest BCUT2D eigenvalue weighted by molar-refractivity contribution is 6.00. The smallest absolute Gasteiger partial charge is 0.343 e. The summed E-state index contributed by atoms with van der Waals surface area (Å²) in [7, 11) is 1.60. The van der Waals surface area contributed by atoms with Crippen molar-refractivity contribution in [2.24, 2.45) is 5.41 Å². The Hall–Kier alpha value is -2.82. The fraction of sp³-hybridized carbons (Fsp3) is 0.364. The summed E-state index contributed by atoms with van der Waals surface area (Å²) in [6.45, 7) is 5.83. The maximum atomic E-state index is 13.0. The Kier molecular flexibility index (Phi) is 3.98. The van der Waals surface area contributed by atoms with Crippen LogP contribution >= 0.6 is 0 Å². The Morgan fingerprint density at radius 1 is 1.11 bits per heavy atom. The van der Waals surface area contributed by atoms with Crippen LogP contribution in [-0.2, 0) is 4.79 Å². The van der Waals surface area contributed by atoms with Crippen LogP contribution < -0.4 is 15.1 Å². The second-order valence-electron chi connectivity index (χ2n) is 8.01. The Labute approximate surface area is 157 Å². The third-order valence-corrected chi connectivity index (χ3v) is 5.21. The third-order valence-electron chi connectivity index (χ3n) is 5.21. The topological polar surface area (TPSA) is 65.7 Å². The van der Waals surface area contributed by atoms with Gasteiger partial charge in [0.15, 0.2) is 5.78 Å². The Morgan fingerprint density at radius 3 is 2.48 bits per heavy atom. The van der Waals surface area contributed by atoms with E-state index in [-0.39, 0.29) is 11.2 Å². The van der Waals surface area contributed by atoms with Crippen LogP contribution in [0.2, 0.25) is 0 Å². The van der Waals surface area contributed by atoms with E-state index in [9.17, 15) is 9.59 Å². The van der Waals surface area contributed by atoms with Gasteiger partial charge in [-0.1, -0.05) is 26.0 Å². The number of carbonyl (C=O) groups is 1. The lowest BCUT2D eigenvalue weighted by Gasteiger charge is -2.37. The maximum Gasteiger partial charge on any atom is 0.343 e. The molecule has 0 spiro atoms. The van der Waals surface area contributed by atoms with Crippen molar-refractivity contribution < 1.29 is 18.7 Å². The molecular formula is C22H22O5. The van der Waals surface area contributed by atoms with Gasteiger partial charge in [-0.2, -0.15) is 0 Å². The van der Waals surface area contributed by atoms with E-state index in [1.54, 1.807) is 20.1 Å². The SMILES string of the molecule is COc1ccc(C2C3=C(CC(C)(C)CC3=O)Oc3cc(C)oc(=O)c32)cc1. The standard InChI is InChI=1S/C22H22O5/c1-12-9-16-20(21(24)26-12)18(13-5-7-14(25-4)8-6-13)19-15(23)10-22(2,3)11-17(19)27-16/h5-9,18H,10-11H2,1-4H3. The summed E-state index contributed by atoms with van der Waals surface area (Å²) in [6.07, 6.45) is 1.08. The Balaban J connectivity index is 1.96. The first-order valence-electron chi connectivity index (χ1n) is 9.02. The van der Waals surface area contributed by atoms with Gasteiger partial charge in [0.2, 0.25) is 0 Å². The Morgan fingerprint density at radius 2 is 1.81 bits per heavy atom. The monoisotopic (exact) mass is 366 g/mol. The maximum absolute atomic E-state index is 13.0. The van der Waals surface area contributed by atoms with Crippen LogP contribution in [0.25, 0.3) is 0 Å². The summed E-state index contributed by atoms with van der Waals surface area (Å²) in [4.78, 5) is 25.7. The van der Waals surface area contributed by atoms with Gasteiger partial charge in [-0.05, 0) is 30.0 Å². The number of carbonyl (C=O) groups excluding carboxylic acids is 1. The fourth-order valence-electron chi connectivity index (χ4n) is 4.04. The normalized spacial score (nSPS) is 20.6. The van der Waals surface area contributed by atoms with Crippen molar-refractivity contribution >= 4 is 5.78 Å². The molecule has 1 aliphatic carbocycles. The first-order valence-corrected chi connectivity index (χ1v) is 9.02. The molecule has 4 rings (SSSR count). The van der Waals surface area contributed by atoms with Crippen LogP contribution in [0.1, 0.15) is 49.5 Å². The van der Waals surface area contributed by atoms with E-state index in [4.69, 9.17) is 13.9 Å². The van der Waals surface area contributed by atoms with Gasteiger partial charge in [-0.25, -0.2) is 4.79 Å². The van der Waals surface area contributed by atoms with Crippen molar-refractivity contribution in [2.45, 2.75) is 39.5 Å². The number of hydrogen-bond acceptors (Lipinski definition) is 5. The quantitative estimate of drug-likeness (QED) is 0.800. The van der Waals surface area contributed by atoms with Crippen molar-refractivity contribution in [1.82, 2.24) is 0 Å². The van der Waals surface area contributed by atoms with Gasteiger partial charge >= 0.3 is 5.63 Å². The van der Waals surface area contributed by atoms with Crippen molar-refractivity contribution in [1.29, 1.82) is 0 Å². The van der Waals surface area contributed by atoms with Gasteiger partial charge in [0, 0.05) is 24.5 Å². The average Bonchev–Trinajstić information content (AvgIpc) is 2.58. The molecule has 1 unspecified atom stereocenters. The minimum Gasteiger partial charge on any atom is -0.497 e. The summed E-state index contributed by atoms with van der Waals surface area (Å²) >= 11 is 0. The first kappa shape index (κ1) is 17.6. The average molecular weight is 366 g/mol. The molecule has 0 saturated heterocycles. The van der Waals surface area contributed by atoms with Gasteiger partial charge in [-0.15, -0.1) is 0 Å². The number of methoxy groups -OCH3 is 1. The van der Waals surface area contributed by atoms with Crippen LogP contribution in [-0.4, -0.2) is 12.9 Å². The molecule has 0 fully saturated rings. The number of ketones is 1. The molecule has 1 aromatic heterocycles. The molecule has 0 amide bonds. The van der Waals surface area contributed by atoms with Crippen LogP contribution in [0.4, 0.5) is 0 Å². The van der Waals surface area contributed by atoms with E-state index in [1.165, 1.54) is 0 Å². The van der Waals surface area contributed by atoms with E-state index in [2.05, 4.69) is 13.8 Å². The third kappa shape index (κ3) is 2.97. The second kappa shape index (κ2) is 6.12. The van der Waals surface area contributed by atoms with Gasteiger partial charge < -0.3 is 13.9 Å². The largest absolute Gasteiger partial charge is 0.497 e. The molecule has 0 saturated carbocycles. The number of aryl methyl sites for hydroxylation is 1. The molecule has 1 aromatic carbocycles. The van der Waals surface area contributed by atoms with E-state index < -0.39 is 11.5 Å². The first-order chi connectivity index (χ1) is 12.8. The lowest BCUT2D eigenvalue weighted by atomic mass is 9.70. The van der Waals surface area contributed by atoms with Crippen molar-refractivity contribution in [3.63, 3.8) is 0 Å². The second-order valence-corrected chi connectivity index (χ2v) is 8.01. The zero-order valence-electron chi connectivity index (χ0n) is 15.9. The summed E-state index contributed by atoms with van der Waals surface area (Å²) in [5, 5.41) is 0. The molecule has 1 atom stereocenters. The Bertz CT molecular complexity index is 1010. The molecule has 140 valence electrons. The number of fused-ring (bicyclic) bond motifs is 1. The lowest BCUT2D eigenvalue weighted by Crippen LogP contribution is -2.34. The minimum atomic E-state index is -0.491. The van der Waals surface area contributed by atoms with Crippen LogP contribution in [0.15, 0.2) is 50.9 Å². The van der Waals surface area contributed by atoms with Gasteiger partial charge in [0.1, 0.15) is 23.0 Å². The van der Waals surface area contributed by atoms with E-state index >= 15 is 0 Å². The minimum absolute atomic E-state index is 0.0210. The fourth-order valence-corrected chi connectivity index (χ4v) is 4.04. The molecule has 1 aliphatic heterocycles. The van der Waals surface area contributed by atoms with Crippen molar-refractivity contribution in [3.8, 4) is 11.5 Å². The zero-order valence-corrected chi connectivity index (χ0v) is 15.9. The number of hydrogen-bond donors (Lipinski definition) is 0. The molecule has 5 nitrogen and oxygen atoms in total. The van der Waals surface area contributed by atoms with Crippen molar-refractivity contribution in [3.05, 3.63) is 69.0 Å². The van der Waals surface area contributed by atoms with Crippen LogP contribution in [0.5, 0.6) is 11.5 Å². The van der Waals surface area contributed by atoms with E-state index in [0.29, 0.717) is 47.0 Å². The van der Waals surface area contributed by atoms with Gasteiger partial charge in [0.25, 0.3) is 0 Å². The highest BCUT2D eigenvalue weighted by atomic mass is 16.5. The molecule has 2 aliphatic rings. The molecule has 2 aromatic rings. The lowest BCUT2D eigenvalue weighted by molar-refractivity contribution is -0.118. The van der Waals surface area contributed by atoms with E-state index in [0.717, 1.165) is 5.56 Å². The van der Waals surface area contributed by atoms with Crippen LogP contribution in [0, 0.1) is 12.3 Å². The molecule has 0 radical (unpaired) electrons. The summed E-state index contributed by atoms with van der Waals surface area (Å²) in [5.41, 5.74) is 1.17. The summed E-state index contributed by atoms with van der Waals surface area (Å²) < 4.78 is 16.6. The molecule has 5 heteroatoms. The molecule has 27 heavy (non-hydrogen) atoms. The van der Waals surface area contributed by atoms with Crippen molar-refractivity contribution in [2.75, 3.05) is 7.11 Å². The van der Waals surface area contributed by atoms with Gasteiger partial charge in [0.05, 0.1) is 18.6 Å². The number of ether oxygens (including phenoxy) is 2. The summed E-state index contributed by atoms with van der Waals surface area (Å²) in [6, 6.07) is 9.16.